The monoisotopic (exact) mass is 321 g/mol. The minimum atomic E-state index is -4.27. The molecule has 9 heteroatoms. The summed E-state index contributed by atoms with van der Waals surface area (Å²) in [5.74, 6) is -4.78. The van der Waals surface area contributed by atoms with E-state index in [0.717, 1.165) is 10.4 Å². The first kappa shape index (κ1) is 15.8. The Balaban J connectivity index is 2.55. The second-order valence-electron chi connectivity index (χ2n) is 4.58. The number of morpholine rings is 1. The third kappa shape index (κ3) is 2.76. The van der Waals surface area contributed by atoms with Crippen LogP contribution in [0.2, 0.25) is 0 Å². The van der Waals surface area contributed by atoms with Crippen LogP contribution in [0.4, 0.5) is 8.78 Å². The van der Waals surface area contributed by atoms with Crippen molar-refractivity contribution in [2.75, 3.05) is 19.8 Å². The molecule has 0 radical (unpaired) electrons. The smallest absolute Gasteiger partial charge is 0.341 e. The number of carboxylic acid groups (broad SMARTS) is 1. The number of nitrogens with zero attached hydrogens (tertiary/aromatic N) is 1. The maximum absolute atomic E-state index is 14.1. The van der Waals surface area contributed by atoms with Gasteiger partial charge in [-0.1, -0.05) is 0 Å². The molecule has 1 aromatic rings. The predicted octanol–water partition coefficient (Wildman–Crippen LogP) is 1.07. The van der Waals surface area contributed by atoms with Gasteiger partial charge in [-0.05, 0) is 19.1 Å². The van der Waals surface area contributed by atoms with Gasteiger partial charge in [0, 0.05) is 12.6 Å². The van der Waals surface area contributed by atoms with Gasteiger partial charge in [-0.25, -0.2) is 22.0 Å². The van der Waals surface area contributed by atoms with Gasteiger partial charge in [0.05, 0.1) is 13.2 Å². The van der Waals surface area contributed by atoms with Crippen molar-refractivity contribution < 1.29 is 31.8 Å². The molecule has 0 aliphatic carbocycles. The van der Waals surface area contributed by atoms with Crippen molar-refractivity contribution in [3.05, 3.63) is 29.3 Å². The first-order valence-corrected chi connectivity index (χ1v) is 7.51. The van der Waals surface area contributed by atoms with Gasteiger partial charge < -0.3 is 9.84 Å². The first-order chi connectivity index (χ1) is 9.76. The molecule has 1 unspecified atom stereocenters. The van der Waals surface area contributed by atoms with E-state index < -0.39 is 44.1 Å². The zero-order valence-electron chi connectivity index (χ0n) is 11.0. The third-order valence-electron chi connectivity index (χ3n) is 3.16. The van der Waals surface area contributed by atoms with E-state index in [1.165, 1.54) is 0 Å². The summed E-state index contributed by atoms with van der Waals surface area (Å²) in [6.45, 7) is 1.89. The number of aromatic carboxylic acids is 1. The molecule has 0 bridgehead atoms. The van der Waals surface area contributed by atoms with Crippen LogP contribution >= 0.6 is 0 Å². The largest absolute Gasteiger partial charge is 0.477 e. The average molecular weight is 321 g/mol. The van der Waals surface area contributed by atoms with E-state index in [-0.39, 0.29) is 19.8 Å². The Morgan fingerprint density at radius 2 is 2.10 bits per heavy atom. The molecule has 1 heterocycles. The highest BCUT2D eigenvalue weighted by Gasteiger charge is 2.35. The molecule has 0 spiro atoms. The molecule has 116 valence electrons. The fourth-order valence-electron chi connectivity index (χ4n) is 2.12. The quantitative estimate of drug-likeness (QED) is 0.900. The number of benzene rings is 1. The van der Waals surface area contributed by atoms with Gasteiger partial charge in [0.1, 0.15) is 16.3 Å². The van der Waals surface area contributed by atoms with Gasteiger partial charge in [-0.2, -0.15) is 4.31 Å². The number of carbonyl (C=O) groups is 1. The van der Waals surface area contributed by atoms with E-state index in [2.05, 4.69) is 0 Å². The molecule has 0 amide bonds. The van der Waals surface area contributed by atoms with Crippen molar-refractivity contribution >= 4 is 16.0 Å². The number of halogens is 2. The van der Waals surface area contributed by atoms with Gasteiger partial charge in [-0.15, -0.1) is 0 Å². The molecule has 1 aliphatic heterocycles. The summed E-state index contributed by atoms with van der Waals surface area (Å²) in [6.07, 6.45) is 0. The van der Waals surface area contributed by atoms with Crippen LogP contribution in [0.25, 0.3) is 0 Å². The molecule has 1 aliphatic rings. The molecule has 6 nitrogen and oxygen atoms in total. The fourth-order valence-corrected chi connectivity index (χ4v) is 3.79. The van der Waals surface area contributed by atoms with Crippen molar-refractivity contribution in [1.29, 1.82) is 0 Å². The number of carboxylic acids is 1. The van der Waals surface area contributed by atoms with E-state index in [4.69, 9.17) is 9.84 Å². The maximum Gasteiger partial charge on any atom is 0.341 e. The Hall–Kier alpha value is -1.58. The number of sulfonamides is 1. The molecule has 1 saturated heterocycles. The zero-order chi connectivity index (χ0) is 15.8. The van der Waals surface area contributed by atoms with E-state index >= 15 is 0 Å². The minimum Gasteiger partial charge on any atom is -0.477 e. The number of hydrogen-bond donors (Lipinski definition) is 1. The average Bonchev–Trinajstić information content (AvgIpc) is 2.38. The van der Waals surface area contributed by atoms with Gasteiger partial charge in [0.25, 0.3) is 0 Å². The maximum atomic E-state index is 14.1. The van der Waals surface area contributed by atoms with Crippen LogP contribution in [0.15, 0.2) is 17.0 Å². The zero-order valence-corrected chi connectivity index (χ0v) is 11.9. The van der Waals surface area contributed by atoms with E-state index in [1.807, 2.05) is 0 Å². The van der Waals surface area contributed by atoms with Crippen molar-refractivity contribution in [3.63, 3.8) is 0 Å². The highest BCUT2D eigenvalue weighted by Crippen LogP contribution is 2.26. The lowest BCUT2D eigenvalue weighted by molar-refractivity contribution is 0.0391. The Labute approximate surface area is 120 Å². The molecule has 2 rings (SSSR count). The fraction of sp³-hybridized carbons (Fsp3) is 0.417. The normalized spacial score (nSPS) is 20.4. The summed E-state index contributed by atoms with van der Waals surface area (Å²) in [5.41, 5.74) is -1.28. The molecule has 0 saturated carbocycles. The van der Waals surface area contributed by atoms with Crippen molar-refractivity contribution in [2.45, 2.75) is 17.9 Å². The van der Waals surface area contributed by atoms with Gasteiger partial charge in [0.15, 0.2) is 5.82 Å². The summed E-state index contributed by atoms with van der Waals surface area (Å²) in [7, 11) is -4.27. The molecule has 1 atom stereocenters. The lowest BCUT2D eigenvalue weighted by atomic mass is 10.2. The number of rotatable bonds is 3. The second kappa shape index (κ2) is 5.66. The highest BCUT2D eigenvalue weighted by molar-refractivity contribution is 7.89. The third-order valence-corrected chi connectivity index (χ3v) is 5.19. The summed E-state index contributed by atoms with van der Waals surface area (Å²) >= 11 is 0. The Kier molecular flexibility index (Phi) is 4.26. The number of hydrogen-bond acceptors (Lipinski definition) is 4. The highest BCUT2D eigenvalue weighted by atomic mass is 32.2. The molecule has 1 fully saturated rings. The Morgan fingerprint density at radius 3 is 2.67 bits per heavy atom. The van der Waals surface area contributed by atoms with Crippen LogP contribution in [0.5, 0.6) is 0 Å². The van der Waals surface area contributed by atoms with E-state index in [1.54, 1.807) is 6.92 Å². The van der Waals surface area contributed by atoms with Gasteiger partial charge >= 0.3 is 5.97 Å². The van der Waals surface area contributed by atoms with Crippen LogP contribution < -0.4 is 0 Å². The van der Waals surface area contributed by atoms with Gasteiger partial charge in [0.2, 0.25) is 10.0 Å². The molecule has 0 aromatic heterocycles. The SMILES string of the molecule is CC1COCCN1S(=O)(=O)c1ccc(F)c(C(=O)O)c1F. The topological polar surface area (TPSA) is 83.9 Å². The Morgan fingerprint density at radius 1 is 1.43 bits per heavy atom. The van der Waals surface area contributed by atoms with Crippen molar-refractivity contribution in [1.82, 2.24) is 4.31 Å². The molecule has 21 heavy (non-hydrogen) atoms. The molecular formula is C12H13F2NO5S. The standard InChI is InChI=1S/C12H13F2NO5S/c1-7-6-20-5-4-15(7)21(18,19)9-3-2-8(13)10(11(9)14)12(16)17/h2-3,7H,4-6H2,1H3,(H,16,17). The van der Waals surface area contributed by atoms with Crippen molar-refractivity contribution in [2.24, 2.45) is 0 Å². The van der Waals surface area contributed by atoms with E-state index in [0.29, 0.717) is 6.07 Å². The van der Waals surface area contributed by atoms with Crippen LogP contribution in [-0.4, -0.2) is 49.6 Å². The van der Waals surface area contributed by atoms with Crippen LogP contribution in [0.1, 0.15) is 17.3 Å². The summed E-state index contributed by atoms with van der Waals surface area (Å²) < 4.78 is 58.4. The lowest BCUT2D eigenvalue weighted by Crippen LogP contribution is -2.47. The number of ether oxygens (including phenoxy) is 1. The van der Waals surface area contributed by atoms with Crippen LogP contribution in [-0.2, 0) is 14.8 Å². The van der Waals surface area contributed by atoms with Gasteiger partial charge in [-0.3, -0.25) is 0 Å². The van der Waals surface area contributed by atoms with E-state index in [9.17, 15) is 22.0 Å². The first-order valence-electron chi connectivity index (χ1n) is 6.07. The minimum absolute atomic E-state index is 0.0166. The van der Waals surface area contributed by atoms with Crippen LogP contribution in [0.3, 0.4) is 0 Å². The molecule has 1 N–H and O–H groups in total. The summed E-state index contributed by atoms with van der Waals surface area (Å²) in [6, 6.07) is 0.834. The Bertz CT molecular complexity index is 676. The predicted molar refractivity (Wildman–Crippen MR) is 67.5 cm³/mol. The van der Waals surface area contributed by atoms with Crippen LogP contribution in [0, 0.1) is 11.6 Å². The summed E-state index contributed by atoms with van der Waals surface area (Å²) in [4.78, 5) is 10.0. The lowest BCUT2D eigenvalue weighted by Gasteiger charge is -2.32. The molecule has 1 aromatic carbocycles. The van der Waals surface area contributed by atoms with Crippen molar-refractivity contribution in [3.8, 4) is 0 Å². The summed E-state index contributed by atoms with van der Waals surface area (Å²) in [5, 5.41) is 8.79. The molecular weight excluding hydrogens is 308 g/mol. The second-order valence-corrected chi connectivity index (χ2v) is 6.44.